The number of carbonyl (C=O) groups is 2. The van der Waals surface area contributed by atoms with Gasteiger partial charge in [0.2, 0.25) is 6.79 Å². The molecule has 2 aliphatic rings. The van der Waals surface area contributed by atoms with Crippen molar-refractivity contribution >= 4 is 17.5 Å². The molecule has 0 aliphatic carbocycles. The van der Waals surface area contributed by atoms with E-state index in [2.05, 4.69) is 10.6 Å². The summed E-state index contributed by atoms with van der Waals surface area (Å²) in [6.07, 6.45) is 1.90. The number of carbonyl (C=O) groups excluding carboxylic acids is 2. The van der Waals surface area contributed by atoms with Gasteiger partial charge in [-0.05, 0) is 25.0 Å². The molecule has 1 aromatic carbocycles. The van der Waals surface area contributed by atoms with E-state index in [9.17, 15) is 9.59 Å². The van der Waals surface area contributed by atoms with Crippen molar-refractivity contribution in [3.05, 3.63) is 18.2 Å². The molecule has 2 N–H and O–H groups in total. The van der Waals surface area contributed by atoms with E-state index in [0.29, 0.717) is 30.3 Å². The zero-order valence-corrected chi connectivity index (χ0v) is 11.4. The van der Waals surface area contributed by atoms with Crippen LogP contribution in [0.15, 0.2) is 18.2 Å². The minimum absolute atomic E-state index is 0.00675. The lowest BCUT2D eigenvalue weighted by molar-refractivity contribution is -0.136. The first-order chi connectivity index (χ1) is 10.2. The van der Waals surface area contributed by atoms with Crippen LogP contribution in [-0.4, -0.2) is 37.9 Å². The molecule has 7 heteroatoms. The zero-order valence-electron chi connectivity index (χ0n) is 11.4. The summed E-state index contributed by atoms with van der Waals surface area (Å²) in [4.78, 5) is 23.5. The Labute approximate surface area is 121 Å². The summed E-state index contributed by atoms with van der Waals surface area (Å²) in [5.74, 6) is -0.224. The lowest BCUT2D eigenvalue weighted by Crippen LogP contribution is -2.39. The Balaban J connectivity index is 1.51. The van der Waals surface area contributed by atoms with Crippen LogP contribution in [0.25, 0.3) is 0 Å². The van der Waals surface area contributed by atoms with Gasteiger partial charge in [-0.2, -0.15) is 0 Å². The van der Waals surface area contributed by atoms with Crippen LogP contribution in [-0.2, 0) is 14.3 Å². The second-order valence-electron chi connectivity index (χ2n) is 4.87. The quantitative estimate of drug-likeness (QED) is 0.799. The van der Waals surface area contributed by atoms with Crippen molar-refractivity contribution in [3.63, 3.8) is 0 Å². The Bertz CT molecular complexity index is 554. The molecule has 2 aliphatic heterocycles. The molecule has 1 saturated heterocycles. The highest BCUT2D eigenvalue weighted by Gasteiger charge is 2.20. The van der Waals surface area contributed by atoms with Crippen molar-refractivity contribution in [2.45, 2.75) is 18.9 Å². The van der Waals surface area contributed by atoms with Gasteiger partial charge in [-0.25, -0.2) is 0 Å². The zero-order chi connectivity index (χ0) is 14.7. The van der Waals surface area contributed by atoms with E-state index in [-0.39, 0.29) is 12.9 Å². The average molecular weight is 292 g/mol. The van der Waals surface area contributed by atoms with E-state index in [1.165, 1.54) is 0 Å². The predicted octanol–water partition coefficient (Wildman–Crippen LogP) is 0.649. The summed E-state index contributed by atoms with van der Waals surface area (Å²) in [5.41, 5.74) is 0.483. The van der Waals surface area contributed by atoms with Gasteiger partial charge < -0.3 is 24.8 Å². The highest BCUT2D eigenvalue weighted by molar-refractivity contribution is 6.39. The van der Waals surface area contributed by atoms with Gasteiger partial charge in [0, 0.05) is 24.9 Å². The fourth-order valence-corrected chi connectivity index (χ4v) is 2.25. The third-order valence-electron chi connectivity index (χ3n) is 3.35. The Morgan fingerprint density at radius 2 is 2.05 bits per heavy atom. The Morgan fingerprint density at radius 3 is 2.86 bits per heavy atom. The van der Waals surface area contributed by atoms with Crippen molar-refractivity contribution in [2.24, 2.45) is 0 Å². The molecule has 1 atom stereocenters. The van der Waals surface area contributed by atoms with Gasteiger partial charge in [0.1, 0.15) is 0 Å². The molecule has 0 bridgehead atoms. The number of hydrogen-bond acceptors (Lipinski definition) is 5. The number of hydrogen-bond donors (Lipinski definition) is 2. The van der Waals surface area contributed by atoms with Gasteiger partial charge in [-0.1, -0.05) is 0 Å². The number of benzene rings is 1. The Hall–Kier alpha value is -2.28. The maximum Gasteiger partial charge on any atom is 0.313 e. The maximum absolute atomic E-state index is 11.8. The maximum atomic E-state index is 11.8. The molecule has 0 radical (unpaired) electrons. The minimum atomic E-state index is -0.716. The second kappa shape index (κ2) is 6.01. The van der Waals surface area contributed by atoms with Crippen LogP contribution >= 0.6 is 0 Å². The van der Waals surface area contributed by atoms with Crippen LogP contribution in [0, 0.1) is 0 Å². The van der Waals surface area contributed by atoms with Gasteiger partial charge in [0.05, 0.1) is 6.10 Å². The Morgan fingerprint density at radius 1 is 1.19 bits per heavy atom. The lowest BCUT2D eigenvalue weighted by Gasteiger charge is -2.10. The number of fused-ring (bicyclic) bond motifs is 1. The molecular formula is C14H16N2O5. The smallest absolute Gasteiger partial charge is 0.313 e. The molecule has 7 nitrogen and oxygen atoms in total. The van der Waals surface area contributed by atoms with Crippen LogP contribution in [0.5, 0.6) is 11.5 Å². The van der Waals surface area contributed by atoms with Crippen molar-refractivity contribution in [1.82, 2.24) is 5.32 Å². The van der Waals surface area contributed by atoms with Gasteiger partial charge in [0.15, 0.2) is 11.5 Å². The molecular weight excluding hydrogens is 276 g/mol. The molecule has 2 amide bonds. The van der Waals surface area contributed by atoms with Crippen LogP contribution in [0.1, 0.15) is 12.8 Å². The number of amides is 2. The summed E-state index contributed by atoms with van der Waals surface area (Å²) in [7, 11) is 0. The SMILES string of the molecule is O=C(NC[C@H]1CCCO1)C(=O)Nc1ccc2c(c1)OCO2. The normalized spacial score (nSPS) is 19.3. The number of ether oxygens (including phenoxy) is 3. The number of nitrogens with one attached hydrogen (secondary N) is 2. The first-order valence-electron chi connectivity index (χ1n) is 6.83. The van der Waals surface area contributed by atoms with Crippen LogP contribution in [0.3, 0.4) is 0 Å². The third-order valence-corrected chi connectivity index (χ3v) is 3.35. The van der Waals surface area contributed by atoms with E-state index in [1.54, 1.807) is 18.2 Å². The molecule has 0 spiro atoms. The van der Waals surface area contributed by atoms with Gasteiger partial charge in [-0.3, -0.25) is 9.59 Å². The topological polar surface area (TPSA) is 85.9 Å². The molecule has 21 heavy (non-hydrogen) atoms. The lowest BCUT2D eigenvalue weighted by atomic mass is 10.2. The van der Waals surface area contributed by atoms with E-state index < -0.39 is 11.8 Å². The molecule has 2 heterocycles. The van der Waals surface area contributed by atoms with E-state index >= 15 is 0 Å². The molecule has 0 saturated carbocycles. The first kappa shape index (κ1) is 13.7. The van der Waals surface area contributed by atoms with E-state index in [0.717, 1.165) is 12.8 Å². The summed E-state index contributed by atoms with van der Waals surface area (Å²) in [6.45, 7) is 1.23. The van der Waals surface area contributed by atoms with Gasteiger partial charge in [0.25, 0.3) is 0 Å². The van der Waals surface area contributed by atoms with Crippen molar-refractivity contribution < 1.29 is 23.8 Å². The van der Waals surface area contributed by atoms with E-state index in [4.69, 9.17) is 14.2 Å². The summed E-state index contributed by atoms with van der Waals surface area (Å²) in [6, 6.07) is 4.95. The number of anilines is 1. The molecule has 112 valence electrons. The highest BCUT2D eigenvalue weighted by atomic mass is 16.7. The largest absolute Gasteiger partial charge is 0.454 e. The third kappa shape index (κ3) is 3.25. The molecule has 0 unspecified atom stereocenters. The summed E-state index contributed by atoms with van der Waals surface area (Å²) in [5, 5.41) is 5.08. The Kier molecular flexibility index (Phi) is 3.92. The summed E-state index contributed by atoms with van der Waals surface area (Å²) < 4.78 is 15.8. The highest BCUT2D eigenvalue weighted by Crippen LogP contribution is 2.34. The van der Waals surface area contributed by atoms with Crippen LogP contribution < -0.4 is 20.1 Å². The fraction of sp³-hybridized carbons (Fsp3) is 0.429. The van der Waals surface area contributed by atoms with Crippen LogP contribution in [0.4, 0.5) is 5.69 Å². The minimum Gasteiger partial charge on any atom is -0.454 e. The molecule has 0 aromatic heterocycles. The molecule has 1 fully saturated rings. The summed E-state index contributed by atoms with van der Waals surface area (Å²) >= 11 is 0. The van der Waals surface area contributed by atoms with Gasteiger partial charge >= 0.3 is 11.8 Å². The first-order valence-corrected chi connectivity index (χ1v) is 6.83. The fourth-order valence-electron chi connectivity index (χ4n) is 2.25. The van der Waals surface area contributed by atoms with Crippen molar-refractivity contribution in [3.8, 4) is 11.5 Å². The average Bonchev–Trinajstić information content (AvgIpc) is 3.15. The van der Waals surface area contributed by atoms with Crippen LogP contribution in [0.2, 0.25) is 0 Å². The standard InChI is InChI=1S/C14H16N2O5/c17-13(15-7-10-2-1-5-19-10)14(18)16-9-3-4-11-12(6-9)21-8-20-11/h3-4,6,10H,1-2,5,7-8H2,(H,15,17)(H,16,18)/t10-/m1/s1. The van der Waals surface area contributed by atoms with Gasteiger partial charge in [-0.15, -0.1) is 0 Å². The number of rotatable bonds is 3. The monoisotopic (exact) mass is 292 g/mol. The van der Waals surface area contributed by atoms with Crippen molar-refractivity contribution in [1.29, 1.82) is 0 Å². The molecule has 3 rings (SSSR count). The second-order valence-corrected chi connectivity index (χ2v) is 4.87. The predicted molar refractivity (Wildman–Crippen MR) is 73.2 cm³/mol. The van der Waals surface area contributed by atoms with E-state index in [1.807, 2.05) is 0 Å². The van der Waals surface area contributed by atoms with Crippen molar-refractivity contribution in [2.75, 3.05) is 25.3 Å². The molecule has 1 aromatic rings.